The van der Waals surface area contributed by atoms with Gasteiger partial charge in [-0.15, -0.1) is 0 Å². The Labute approximate surface area is 114 Å². The zero-order valence-electron chi connectivity index (χ0n) is 10.5. The third-order valence-electron chi connectivity index (χ3n) is 2.64. The molecule has 0 heterocycles. The largest absolute Gasteiger partial charge is 0.502 e. The highest BCUT2D eigenvalue weighted by molar-refractivity contribution is 7.80. The standard InChI is InChI=1S/C12H22O3S2/c1-3-5-6-9(4-2)8-15-12(17)10(13)7-11(14)16/h9-10,13H,3-8H2,1-2H3,(H,14,16). The van der Waals surface area contributed by atoms with Crippen LogP contribution in [-0.2, 0) is 4.74 Å². The molecule has 0 radical (unpaired) electrons. The molecule has 0 spiro atoms. The van der Waals surface area contributed by atoms with E-state index < -0.39 is 6.10 Å². The Bertz CT molecular complexity index is 244. The summed E-state index contributed by atoms with van der Waals surface area (Å²) < 4.78 is 5.37. The summed E-state index contributed by atoms with van der Waals surface area (Å²) in [6, 6.07) is 0. The summed E-state index contributed by atoms with van der Waals surface area (Å²) >= 11 is 9.42. The minimum atomic E-state index is -0.980. The van der Waals surface area contributed by atoms with Gasteiger partial charge in [0.05, 0.1) is 6.61 Å². The molecule has 5 heteroatoms. The lowest BCUT2D eigenvalue weighted by molar-refractivity contribution is 0.169. The summed E-state index contributed by atoms with van der Waals surface area (Å²) in [6.07, 6.45) is 3.49. The van der Waals surface area contributed by atoms with Crippen LogP contribution >= 0.6 is 24.4 Å². The molecule has 3 nitrogen and oxygen atoms in total. The molecule has 2 N–H and O–H groups in total. The maximum atomic E-state index is 9.54. The Morgan fingerprint density at radius 1 is 1.29 bits per heavy atom. The van der Waals surface area contributed by atoms with Crippen LogP contribution < -0.4 is 0 Å². The first-order valence-corrected chi connectivity index (χ1v) is 6.89. The van der Waals surface area contributed by atoms with Crippen LogP contribution in [0, 0.1) is 5.92 Å². The highest BCUT2D eigenvalue weighted by atomic mass is 32.1. The summed E-state index contributed by atoms with van der Waals surface area (Å²) in [5.41, 5.74) is 0. The predicted molar refractivity (Wildman–Crippen MR) is 77.7 cm³/mol. The number of rotatable bonds is 9. The van der Waals surface area contributed by atoms with Crippen LogP contribution in [0.25, 0.3) is 0 Å². The van der Waals surface area contributed by atoms with Gasteiger partial charge < -0.3 is 14.9 Å². The number of ether oxygens (including phenoxy) is 1. The smallest absolute Gasteiger partial charge is 0.189 e. The first-order chi connectivity index (χ1) is 8.01. The Kier molecular flexibility index (Phi) is 9.59. The summed E-state index contributed by atoms with van der Waals surface area (Å²) in [4.78, 5) is 0. The summed E-state index contributed by atoms with van der Waals surface area (Å²) in [6.45, 7) is 4.81. The van der Waals surface area contributed by atoms with Crippen molar-refractivity contribution in [2.75, 3.05) is 6.61 Å². The average molecular weight is 278 g/mol. The van der Waals surface area contributed by atoms with Gasteiger partial charge in [-0.2, -0.15) is 0 Å². The minimum Gasteiger partial charge on any atom is -0.502 e. The Morgan fingerprint density at radius 2 is 1.94 bits per heavy atom. The zero-order chi connectivity index (χ0) is 13.3. The lowest BCUT2D eigenvalue weighted by Gasteiger charge is -2.18. The molecule has 2 unspecified atom stereocenters. The fourth-order valence-electron chi connectivity index (χ4n) is 1.44. The van der Waals surface area contributed by atoms with E-state index in [0.717, 1.165) is 12.8 Å². The van der Waals surface area contributed by atoms with Crippen LogP contribution in [0.15, 0.2) is 0 Å². The molecule has 0 aromatic heterocycles. The van der Waals surface area contributed by atoms with E-state index >= 15 is 0 Å². The zero-order valence-corrected chi connectivity index (χ0v) is 12.1. The average Bonchev–Trinajstić information content (AvgIpc) is 2.28. The third-order valence-corrected chi connectivity index (χ3v) is 3.20. The molecule has 0 bridgehead atoms. The van der Waals surface area contributed by atoms with Crippen molar-refractivity contribution in [1.29, 1.82) is 0 Å². The first kappa shape index (κ1) is 16.7. The van der Waals surface area contributed by atoms with Crippen molar-refractivity contribution in [3.05, 3.63) is 0 Å². The Hall–Kier alpha value is -0.260. The molecule has 0 aromatic carbocycles. The van der Waals surface area contributed by atoms with Crippen molar-refractivity contribution in [3.8, 4) is 0 Å². The molecule has 2 atom stereocenters. The highest BCUT2D eigenvalue weighted by Crippen LogP contribution is 2.13. The topological polar surface area (TPSA) is 49.7 Å². The van der Waals surface area contributed by atoms with Crippen LogP contribution in [-0.4, -0.2) is 33.0 Å². The van der Waals surface area contributed by atoms with Crippen LogP contribution in [0.3, 0.4) is 0 Å². The van der Waals surface area contributed by atoms with E-state index in [9.17, 15) is 5.11 Å². The van der Waals surface area contributed by atoms with Crippen molar-refractivity contribution >= 4 is 34.5 Å². The van der Waals surface area contributed by atoms with Gasteiger partial charge in [0.2, 0.25) is 0 Å². The lowest BCUT2D eigenvalue weighted by Crippen LogP contribution is -2.25. The number of hydrogen-bond donors (Lipinski definition) is 2. The third kappa shape index (κ3) is 8.46. The van der Waals surface area contributed by atoms with Crippen molar-refractivity contribution in [2.45, 2.75) is 52.1 Å². The van der Waals surface area contributed by atoms with E-state index in [4.69, 9.17) is 22.1 Å². The van der Waals surface area contributed by atoms with E-state index in [-0.39, 0.29) is 16.5 Å². The number of hydrogen-bond acceptors (Lipinski definition) is 4. The molecule has 0 saturated heterocycles. The van der Waals surface area contributed by atoms with E-state index in [1.165, 1.54) is 12.8 Å². The van der Waals surface area contributed by atoms with Crippen LogP contribution in [0.5, 0.6) is 0 Å². The van der Waals surface area contributed by atoms with Crippen molar-refractivity contribution in [3.63, 3.8) is 0 Å². The highest BCUT2D eigenvalue weighted by Gasteiger charge is 2.16. The second-order valence-electron chi connectivity index (χ2n) is 4.16. The van der Waals surface area contributed by atoms with Gasteiger partial charge in [-0.3, -0.25) is 0 Å². The number of thiocarbonyl (C=S) groups is 2. The second-order valence-corrected chi connectivity index (χ2v) is 5.03. The first-order valence-electron chi connectivity index (χ1n) is 6.07. The maximum absolute atomic E-state index is 9.54. The minimum absolute atomic E-state index is 0.0279. The molecular formula is C12H22O3S2. The molecule has 17 heavy (non-hydrogen) atoms. The molecule has 0 aromatic rings. The normalized spacial score (nSPS) is 14.1. The van der Waals surface area contributed by atoms with Gasteiger partial charge in [0.1, 0.15) is 6.10 Å². The fourth-order valence-corrected chi connectivity index (χ4v) is 1.75. The SMILES string of the molecule is CCCCC(CC)COC(=S)C(O)CC(O)=S. The fraction of sp³-hybridized carbons (Fsp3) is 0.833. The molecule has 0 aliphatic carbocycles. The number of aliphatic hydroxyl groups excluding tert-OH is 2. The quantitative estimate of drug-likeness (QED) is 0.634. The Balaban J connectivity index is 3.90. The van der Waals surface area contributed by atoms with E-state index in [2.05, 4.69) is 26.1 Å². The van der Waals surface area contributed by atoms with Crippen LogP contribution in [0.4, 0.5) is 0 Å². The monoisotopic (exact) mass is 278 g/mol. The van der Waals surface area contributed by atoms with Gasteiger partial charge in [-0.25, -0.2) is 0 Å². The number of unbranched alkanes of at least 4 members (excludes halogenated alkanes) is 1. The van der Waals surface area contributed by atoms with Crippen molar-refractivity contribution < 1.29 is 14.9 Å². The van der Waals surface area contributed by atoms with E-state index in [1.54, 1.807) is 0 Å². The van der Waals surface area contributed by atoms with Gasteiger partial charge in [-0.1, -0.05) is 33.1 Å². The summed E-state index contributed by atoms with van der Waals surface area (Å²) in [5.74, 6) is 0.473. The maximum Gasteiger partial charge on any atom is 0.189 e. The molecule has 0 amide bonds. The van der Waals surface area contributed by atoms with Crippen LogP contribution in [0.2, 0.25) is 0 Å². The van der Waals surface area contributed by atoms with Gasteiger partial charge >= 0.3 is 0 Å². The van der Waals surface area contributed by atoms with E-state index in [0.29, 0.717) is 12.5 Å². The molecule has 0 fully saturated rings. The van der Waals surface area contributed by atoms with E-state index in [1.807, 2.05) is 0 Å². The lowest BCUT2D eigenvalue weighted by atomic mass is 10.0. The summed E-state index contributed by atoms with van der Waals surface area (Å²) in [7, 11) is 0. The molecule has 0 rings (SSSR count). The van der Waals surface area contributed by atoms with Crippen LogP contribution in [0.1, 0.15) is 46.0 Å². The second kappa shape index (κ2) is 9.74. The van der Waals surface area contributed by atoms with Crippen molar-refractivity contribution in [2.24, 2.45) is 5.92 Å². The van der Waals surface area contributed by atoms with Crippen molar-refractivity contribution in [1.82, 2.24) is 0 Å². The van der Waals surface area contributed by atoms with Gasteiger partial charge in [-0.05, 0) is 36.8 Å². The molecule has 0 aliphatic rings. The van der Waals surface area contributed by atoms with Gasteiger partial charge in [0.25, 0.3) is 0 Å². The molecule has 0 saturated carbocycles. The molecular weight excluding hydrogens is 256 g/mol. The molecule has 0 aliphatic heterocycles. The Morgan fingerprint density at radius 3 is 2.41 bits per heavy atom. The van der Waals surface area contributed by atoms with Gasteiger partial charge in [0, 0.05) is 6.42 Å². The molecule has 100 valence electrons. The van der Waals surface area contributed by atoms with Gasteiger partial charge in [0.15, 0.2) is 10.1 Å². The predicted octanol–water partition coefficient (Wildman–Crippen LogP) is 3.18. The number of aliphatic hydroxyl groups is 2. The summed E-state index contributed by atoms with van der Waals surface area (Å²) in [5, 5.41) is 18.3.